The molecule has 0 bridgehead atoms. The van der Waals surface area contributed by atoms with Crippen molar-refractivity contribution in [3.63, 3.8) is 0 Å². The maximum absolute atomic E-state index is 13.0. The number of ether oxygens (including phenoxy) is 1. The summed E-state index contributed by atoms with van der Waals surface area (Å²) in [5.74, 6) is 0.0919. The number of hydrogen-bond acceptors (Lipinski definition) is 3. The van der Waals surface area contributed by atoms with E-state index in [4.69, 9.17) is 4.74 Å². The van der Waals surface area contributed by atoms with Crippen LogP contribution in [0.3, 0.4) is 0 Å². The number of carbonyl (C=O) groups excluding carboxylic acids is 1. The second-order valence-corrected chi connectivity index (χ2v) is 5.68. The average molecular weight is 344 g/mol. The molecule has 1 N–H and O–H groups in total. The quantitative estimate of drug-likeness (QED) is 0.683. The fourth-order valence-corrected chi connectivity index (χ4v) is 2.55. The van der Waals surface area contributed by atoms with E-state index in [1.807, 2.05) is 24.3 Å². The summed E-state index contributed by atoms with van der Waals surface area (Å²) in [5, 5.41) is 2.88. The van der Waals surface area contributed by atoms with Gasteiger partial charge in [-0.3, -0.25) is 4.79 Å². The fraction of sp³-hybridized carbons (Fsp3) is 0.350. The second kappa shape index (κ2) is 9.67. The minimum atomic E-state index is -0.330. The van der Waals surface area contributed by atoms with Crippen molar-refractivity contribution in [2.45, 2.75) is 26.7 Å². The molecule has 0 aromatic heterocycles. The van der Waals surface area contributed by atoms with Crippen LogP contribution in [0.5, 0.6) is 5.75 Å². The Morgan fingerprint density at radius 2 is 1.84 bits per heavy atom. The van der Waals surface area contributed by atoms with Gasteiger partial charge in [0.25, 0.3) is 0 Å². The first-order chi connectivity index (χ1) is 12.1. The standard InChI is InChI=1S/C20H25FN2O2/c1-3-23(4-2)18-12-10-17(11-13-18)22-20(24)9-6-14-25-19-8-5-7-16(21)15-19/h5,7-8,10-13,15H,3-4,6,9,14H2,1-2H3,(H,22,24). The average Bonchev–Trinajstić information content (AvgIpc) is 2.61. The molecule has 4 nitrogen and oxygen atoms in total. The van der Waals surface area contributed by atoms with Crippen LogP contribution < -0.4 is 15.0 Å². The summed E-state index contributed by atoms with van der Waals surface area (Å²) >= 11 is 0. The Bertz CT molecular complexity index is 670. The molecule has 2 aromatic carbocycles. The molecule has 0 saturated carbocycles. The molecule has 0 fully saturated rings. The third kappa shape index (κ3) is 6.10. The van der Waals surface area contributed by atoms with E-state index in [0.29, 0.717) is 25.2 Å². The van der Waals surface area contributed by atoms with Gasteiger partial charge in [0, 0.05) is 37.0 Å². The van der Waals surface area contributed by atoms with Crippen LogP contribution in [0.25, 0.3) is 0 Å². The molecule has 0 aliphatic heterocycles. The predicted molar refractivity (Wildman–Crippen MR) is 99.8 cm³/mol. The summed E-state index contributed by atoms with van der Waals surface area (Å²) in [5.41, 5.74) is 1.93. The second-order valence-electron chi connectivity index (χ2n) is 5.68. The highest BCUT2D eigenvalue weighted by atomic mass is 19.1. The topological polar surface area (TPSA) is 41.6 Å². The predicted octanol–water partition coefficient (Wildman–Crippen LogP) is 4.47. The van der Waals surface area contributed by atoms with Crippen molar-refractivity contribution in [1.29, 1.82) is 0 Å². The Kier molecular flexibility index (Phi) is 7.26. The van der Waals surface area contributed by atoms with Crippen molar-refractivity contribution in [3.8, 4) is 5.75 Å². The van der Waals surface area contributed by atoms with Crippen molar-refractivity contribution in [2.75, 3.05) is 29.9 Å². The van der Waals surface area contributed by atoms with Crippen LogP contribution in [-0.2, 0) is 4.79 Å². The molecule has 0 atom stereocenters. The van der Waals surface area contributed by atoms with Crippen molar-refractivity contribution >= 4 is 17.3 Å². The molecule has 0 aliphatic rings. The smallest absolute Gasteiger partial charge is 0.224 e. The number of nitrogens with zero attached hydrogens (tertiary/aromatic N) is 1. The Balaban J connectivity index is 1.73. The minimum Gasteiger partial charge on any atom is -0.493 e. The molecule has 0 heterocycles. The molecule has 134 valence electrons. The fourth-order valence-electron chi connectivity index (χ4n) is 2.55. The lowest BCUT2D eigenvalue weighted by Gasteiger charge is -2.21. The number of nitrogens with one attached hydrogen (secondary N) is 1. The maximum Gasteiger partial charge on any atom is 0.224 e. The van der Waals surface area contributed by atoms with Crippen LogP contribution >= 0.6 is 0 Å². The lowest BCUT2D eigenvalue weighted by atomic mass is 10.2. The molecule has 25 heavy (non-hydrogen) atoms. The van der Waals surface area contributed by atoms with Crippen LogP contribution in [-0.4, -0.2) is 25.6 Å². The van der Waals surface area contributed by atoms with Crippen LogP contribution in [0.4, 0.5) is 15.8 Å². The molecule has 2 aromatic rings. The molecular weight excluding hydrogens is 319 g/mol. The first-order valence-corrected chi connectivity index (χ1v) is 8.65. The zero-order valence-electron chi connectivity index (χ0n) is 14.8. The number of halogens is 1. The van der Waals surface area contributed by atoms with E-state index >= 15 is 0 Å². The van der Waals surface area contributed by atoms with Gasteiger partial charge in [0.15, 0.2) is 0 Å². The third-order valence-electron chi connectivity index (χ3n) is 3.89. The molecule has 0 spiro atoms. The van der Waals surface area contributed by atoms with Crippen molar-refractivity contribution in [1.82, 2.24) is 0 Å². The lowest BCUT2D eigenvalue weighted by Crippen LogP contribution is -2.21. The largest absolute Gasteiger partial charge is 0.493 e. The first-order valence-electron chi connectivity index (χ1n) is 8.65. The Morgan fingerprint density at radius 1 is 1.12 bits per heavy atom. The third-order valence-corrected chi connectivity index (χ3v) is 3.89. The summed E-state index contributed by atoms with van der Waals surface area (Å²) in [6.45, 7) is 6.51. The van der Waals surface area contributed by atoms with Crippen molar-refractivity contribution in [3.05, 3.63) is 54.3 Å². The zero-order chi connectivity index (χ0) is 18.1. The van der Waals surface area contributed by atoms with Gasteiger partial charge in [-0.2, -0.15) is 0 Å². The Hall–Kier alpha value is -2.56. The maximum atomic E-state index is 13.0. The Morgan fingerprint density at radius 3 is 2.48 bits per heavy atom. The van der Waals surface area contributed by atoms with Gasteiger partial charge in [0.1, 0.15) is 11.6 Å². The van der Waals surface area contributed by atoms with E-state index in [2.05, 4.69) is 24.1 Å². The summed E-state index contributed by atoms with van der Waals surface area (Å²) < 4.78 is 18.5. The SMILES string of the molecule is CCN(CC)c1ccc(NC(=O)CCCOc2cccc(F)c2)cc1. The molecule has 0 aliphatic carbocycles. The van der Waals surface area contributed by atoms with E-state index in [9.17, 15) is 9.18 Å². The van der Waals surface area contributed by atoms with E-state index in [1.54, 1.807) is 12.1 Å². The van der Waals surface area contributed by atoms with Gasteiger partial charge in [-0.15, -0.1) is 0 Å². The monoisotopic (exact) mass is 344 g/mol. The van der Waals surface area contributed by atoms with Gasteiger partial charge >= 0.3 is 0 Å². The van der Waals surface area contributed by atoms with Gasteiger partial charge in [-0.05, 0) is 56.7 Å². The summed E-state index contributed by atoms with van der Waals surface area (Å²) in [7, 11) is 0. The normalized spacial score (nSPS) is 10.4. The van der Waals surface area contributed by atoms with Crippen LogP contribution in [0.15, 0.2) is 48.5 Å². The first kappa shape index (κ1) is 18.8. The Labute approximate surface area is 148 Å². The number of hydrogen-bond donors (Lipinski definition) is 1. The summed E-state index contributed by atoms with van der Waals surface area (Å²) in [4.78, 5) is 14.2. The molecular formula is C20H25FN2O2. The summed E-state index contributed by atoms with van der Waals surface area (Å²) in [6.07, 6.45) is 0.924. The molecule has 0 unspecified atom stereocenters. The highest BCUT2D eigenvalue weighted by Crippen LogP contribution is 2.18. The van der Waals surface area contributed by atoms with Gasteiger partial charge in [0.05, 0.1) is 6.61 Å². The number of anilines is 2. The van der Waals surface area contributed by atoms with E-state index in [1.165, 1.54) is 12.1 Å². The number of amides is 1. The molecule has 2 rings (SSSR count). The lowest BCUT2D eigenvalue weighted by molar-refractivity contribution is -0.116. The van der Waals surface area contributed by atoms with Gasteiger partial charge in [0.2, 0.25) is 5.91 Å². The van der Waals surface area contributed by atoms with Crippen LogP contribution in [0.2, 0.25) is 0 Å². The number of benzene rings is 2. The zero-order valence-corrected chi connectivity index (χ0v) is 14.8. The highest BCUT2D eigenvalue weighted by molar-refractivity contribution is 5.90. The van der Waals surface area contributed by atoms with Crippen LogP contribution in [0, 0.1) is 5.82 Å². The van der Waals surface area contributed by atoms with E-state index in [-0.39, 0.29) is 11.7 Å². The number of rotatable bonds is 9. The molecule has 5 heteroatoms. The van der Waals surface area contributed by atoms with Gasteiger partial charge in [-0.25, -0.2) is 4.39 Å². The van der Waals surface area contributed by atoms with Crippen LogP contribution in [0.1, 0.15) is 26.7 Å². The summed E-state index contributed by atoms with van der Waals surface area (Å²) in [6, 6.07) is 13.8. The van der Waals surface area contributed by atoms with Gasteiger partial charge < -0.3 is 15.0 Å². The van der Waals surface area contributed by atoms with Gasteiger partial charge in [-0.1, -0.05) is 6.07 Å². The van der Waals surface area contributed by atoms with Crippen molar-refractivity contribution in [2.24, 2.45) is 0 Å². The number of carbonyl (C=O) groups is 1. The van der Waals surface area contributed by atoms with Crippen molar-refractivity contribution < 1.29 is 13.9 Å². The molecule has 0 radical (unpaired) electrons. The van der Waals surface area contributed by atoms with E-state index < -0.39 is 0 Å². The van der Waals surface area contributed by atoms with E-state index in [0.717, 1.165) is 24.5 Å². The highest BCUT2D eigenvalue weighted by Gasteiger charge is 2.05. The molecule has 1 amide bonds. The molecule has 0 saturated heterocycles. The minimum absolute atomic E-state index is 0.0570.